The predicted octanol–water partition coefficient (Wildman–Crippen LogP) is 4.66. The highest BCUT2D eigenvalue weighted by atomic mass is 16.5. The molecule has 0 saturated carbocycles. The molecule has 0 aliphatic carbocycles. The van der Waals surface area contributed by atoms with Crippen molar-refractivity contribution in [1.29, 1.82) is 0 Å². The van der Waals surface area contributed by atoms with Crippen LogP contribution >= 0.6 is 0 Å². The van der Waals surface area contributed by atoms with Gasteiger partial charge in [0.05, 0.1) is 32.6 Å². The van der Waals surface area contributed by atoms with Crippen molar-refractivity contribution in [2.24, 2.45) is 4.99 Å². The minimum atomic E-state index is -0.480. The lowest BCUT2D eigenvalue weighted by molar-refractivity contribution is 0.0563. The van der Waals surface area contributed by atoms with Gasteiger partial charge in [0.15, 0.2) is 0 Å². The first-order chi connectivity index (χ1) is 16.2. The highest BCUT2D eigenvalue weighted by molar-refractivity contribution is 6.00. The number of methoxy groups -OCH3 is 1. The molecule has 7 heteroatoms. The van der Waals surface area contributed by atoms with Gasteiger partial charge in [-0.3, -0.25) is 4.99 Å². The monoisotopic (exact) mass is 443 g/mol. The summed E-state index contributed by atoms with van der Waals surface area (Å²) in [5.74, 6) is 0.399. The van der Waals surface area contributed by atoms with E-state index >= 15 is 0 Å². The molecule has 5 rings (SSSR count). The first-order valence-corrected chi connectivity index (χ1v) is 10.9. The van der Waals surface area contributed by atoms with Gasteiger partial charge in [0.1, 0.15) is 5.76 Å². The molecule has 0 unspecified atom stereocenters. The summed E-state index contributed by atoms with van der Waals surface area (Å²) in [6.07, 6.45) is 3.95. The van der Waals surface area contributed by atoms with Crippen molar-refractivity contribution in [3.05, 3.63) is 83.9 Å². The van der Waals surface area contributed by atoms with Gasteiger partial charge >= 0.3 is 5.97 Å². The fraction of sp³-hybridized carbons (Fsp3) is 0.231. The van der Waals surface area contributed by atoms with E-state index in [1.165, 1.54) is 12.8 Å². The molecular weight excluding hydrogens is 418 g/mol. The molecule has 1 saturated heterocycles. The molecule has 0 spiro atoms. The van der Waals surface area contributed by atoms with Crippen LogP contribution in [0.2, 0.25) is 0 Å². The van der Waals surface area contributed by atoms with Gasteiger partial charge in [-0.25, -0.2) is 4.79 Å². The number of para-hydroxylation sites is 1. The fourth-order valence-corrected chi connectivity index (χ4v) is 4.07. The fourth-order valence-electron chi connectivity index (χ4n) is 4.07. The maximum atomic E-state index is 11.7. The second-order valence-corrected chi connectivity index (χ2v) is 7.86. The zero-order valence-electron chi connectivity index (χ0n) is 18.4. The second kappa shape index (κ2) is 9.34. The number of furan rings is 1. The number of rotatable bonds is 6. The molecule has 2 aromatic heterocycles. The average molecular weight is 444 g/mol. The van der Waals surface area contributed by atoms with Crippen LogP contribution in [-0.4, -0.2) is 50.2 Å². The molecule has 168 valence electrons. The van der Waals surface area contributed by atoms with Gasteiger partial charge in [0.25, 0.3) is 0 Å². The molecule has 1 aliphatic rings. The summed E-state index contributed by atoms with van der Waals surface area (Å²) in [4.78, 5) is 18.7. The van der Waals surface area contributed by atoms with Crippen LogP contribution in [0.25, 0.3) is 10.9 Å². The molecule has 0 N–H and O–H groups in total. The third-order valence-electron chi connectivity index (χ3n) is 5.77. The Morgan fingerprint density at radius 3 is 2.64 bits per heavy atom. The van der Waals surface area contributed by atoms with Crippen LogP contribution in [0, 0.1) is 0 Å². The molecule has 2 aromatic carbocycles. The Hall–Kier alpha value is -3.84. The van der Waals surface area contributed by atoms with Crippen LogP contribution in [-0.2, 0) is 16.0 Å². The highest BCUT2D eigenvalue weighted by Gasteiger charge is 2.14. The molecule has 1 fully saturated rings. The first-order valence-electron chi connectivity index (χ1n) is 10.9. The van der Waals surface area contributed by atoms with E-state index in [1.54, 1.807) is 12.1 Å². The van der Waals surface area contributed by atoms with Gasteiger partial charge in [0.2, 0.25) is 5.76 Å². The quantitative estimate of drug-likeness (QED) is 0.320. The Kier molecular flexibility index (Phi) is 5.95. The lowest BCUT2D eigenvalue weighted by atomic mass is 10.2. The number of benzene rings is 2. The summed E-state index contributed by atoms with van der Waals surface area (Å²) in [5, 5.41) is 1.10. The smallest absolute Gasteiger partial charge is 0.373 e. The lowest BCUT2D eigenvalue weighted by Gasteiger charge is -2.28. The number of nitrogens with zero attached hydrogens (tertiary/aromatic N) is 3. The van der Waals surface area contributed by atoms with E-state index in [-0.39, 0.29) is 5.76 Å². The number of fused-ring (bicyclic) bond motifs is 1. The van der Waals surface area contributed by atoms with Crippen molar-refractivity contribution in [2.45, 2.75) is 6.54 Å². The van der Waals surface area contributed by atoms with E-state index in [2.05, 4.69) is 39.9 Å². The van der Waals surface area contributed by atoms with Crippen molar-refractivity contribution < 1.29 is 18.7 Å². The van der Waals surface area contributed by atoms with E-state index in [9.17, 15) is 4.79 Å². The number of hydrogen-bond acceptors (Lipinski definition) is 6. The molecular formula is C26H25N3O4. The number of aliphatic imine (C=N–C) groups is 1. The molecule has 4 aromatic rings. The van der Waals surface area contributed by atoms with Gasteiger partial charge in [-0.15, -0.1) is 0 Å². The Balaban J connectivity index is 1.37. The van der Waals surface area contributed by atoms with Gasteiger partial charge in [0, 0.05) is 47.7 Å². The number of morpholine rings is 1. The van der Waals surface area contributed by atoms with Crippen LogP contribution in [0.15, 0.2) is 76.3 Å². The normalized spacial score (nSPS) is 14.3. The number of hydrogen-bond donors (Lipinski definition) is 0. The zero-order valence-corrected chi connectivity index (χ0v) is 18.4. The summed E-state index contributed by atoms with van der Waals surface area (Å²) in [6, 6.07) is 19.9. The van der Waals surface area contributed by atoms with Gasteiger partial charge < -0.3 is 23.4 Å². The third kappa shape index (κ3) is 4.54. The van der Waals surface area contributed by atoms with Crippen LogP contribution in [0.5, 0.6) is 0 Å². The van der Waals surface area contributed by atoms with Gasteiger partial charge in [-0.05, 0) is 42.5 Å². The minimum absolute atomic E-state index is 0.200. The van der Waals surface area contributed by atoms with E-state index < -0.39 is 5.97 Å². The van der Waals surface area contributed by atoms with E-state index in [0.717, 1.165) is 48.5 Å². The number of aromatic nitrogens is 1. The summed E-state index contributed by atoms with van der Waals surface area (Å²) < 4.78 is 17.9. The lowest BCUT2D eigenvalue weighted by Crippen LogP contribution is -2.36. The number of carbonyl (C=O) groups excluding carboxylic acids is 1. The molecule has 0 atom stereocenters. The summed E-state index contributed by atoms with van der Waals surface area (Å²) >= 11 is 0. The van der Waals surface area contributed by atoms with Crippen LogP contribution in [0.1, 0.15) is 21.9 Å². The molecule has 1 aliphatic heterocycles. The summed E-state index contributed by atoms with van der Waals surface area (Å²) in [7, 11) is 1.34. The average Bonchev–Trinajstić information content (AvgIpc) is 3.48. The Morgan fingerprint density at radius 2 is 1.85 bits per heavy atom. The van der Waals surface area contributed by atoms with Crippen LogP contribution < -0.4 is 4.90 Å². The van der Waals surface area contributed by atoms with Crippen molar-refractivity contribution in [2.75, 3.05) is 38.3 Å². The van der Waals surface area contributed by atoms with Gasteiger partial charge in [-0.2, -0.15) is 0 Å². The Morgan fingerprint density at radius 1 is 1.06 bits per heavy atom. The minimum Gasteiger partial charge on any atom is -0.463 e. The largest absolute Gasteiger partial charge is 0.463 e. The van der Waals surface area contributed by atoms with Crippen molar-refractivity contribution in [3.63, 3.8) is 0 Å². The SMILES string of the molecule is COC(=O)c1ccc(Cn2cc(C=Nc3ccc(N4CCOCC4)cc3)c3ccccc32)o1. The molecule has 3 heterocycles. The number of esters is 1. The maximum Gasteiger partial charge on any atom is 0.373 e. The second-order valence-electron chi connectivity index (χ2n) is 7.86. The predicted molar refractivity (Wildman–Crippen MR) is 128 cm³/mol. The number of carbonyl (C=O) groups is 1. The van der Waals surface area contributed by atoms with Crippen LogP contribution in [0.3, 0.4) is 0 Å². The van der Waals surface area contributed by atoms with Crippen LogP contribution in [0.4, 0.5) is 11.4 Å². The molecule has 0 radical (unpaired) electrons. The van der Waals surface area contributed by atoms with Gasteiger partial charge in [-0.1, -0.05) is 18.2 Å². The molecule has 33 heavy (non-hydrogen) atoms. The summed E-state index contributed by atoms with van der Waals surface area (Å²) in [5.41, 5.74) is 4.18. The number of anilines is 1. The third-order valence-corrected chi connectivity index (χ3v) is 5.77. The molecule has 0 bridgehead atoms. The molecule has 7 nitrogen and oxygen atoms in total. The first kappa shape index (κ1) is 21.0. The number of ether oxygens (including phenoxy) is 2. The van der Waals surface area contributed by atoms with E-state index in [0.29, 0.717) is 12.3 Å². The highest BCUT2D eigenvalue weighted by Crippen LogP contribution is 2.24. The topological polar surface area (TPSA) is 69.2 Å². The van der Waals surface area contributed by atoms with Crippen molar-refractivity contribution >= 4 is 34.5 Å². The Bertz CT molecular complexity index is 1280. The zero-order chi connectivity index (χ0) is 22.6. The van der Waals surface area contributed by atoms with E-state index in [1.807, 2.05) is 30.5 Å². The molecule has 0 amide bonds. The maximum absolute atomic E-state index is 11.7. The van der Waals surface area contributed by atoms with Crippen molar-refractivity contribution in [1.82, 2.24) is 4.57 Å². The summed E-state index contributed by atoms with van der Waals surface area (Å²) in [6.45, 7) is 3.87. The van der Waals surface area contributed by atoms with E-state index in [4.69, 9.17) is 18.9 Å². The Labute approximate surface area is 191 Å². The van der Waals surface area contributed by atoms with Crippen molar-refractivity contribution in [3.8, 4) is 0 Å². The standard InChI is InChI=1S/C26H25N3O4/c1-31-26(30)25-11-10-22(33-25)18-29-17-19(23-4-2-3-5-24(23)29)16-27-20-6-8-21(9-7-20)28-12-14-32-15-13-28/h2-11,16-17H,12-15,18H2,1H3.